The lowest BCUT2D eigenvalue weighted by Crippen LogP contribution is -2.62. The Morgan fingerprint density at radius 1 is 0.559 bits per heavy atom. The standard InChI is InChI=1S/C81H97N19O15S3/c1-46-71(106)93-60(34-47-12-5-2-6-13-47)74(109)99-66(78(113)92-59(70(84)105)33-50-23-29-57(102)30-24-50)43-118-117-42-65(97-72(107)58(82)32-49-21-27-56(101)28-22-49)79(114)95-62(37-55-39-87-45-89-55)76(111)94-61(35-48-14-7-3-8-15-48)75(110)98-64-41-116-44-69(104)100(40-54(91-77(64)112)18-11-31-88-81(85)86)67(80(115)96-63(38-68(83)103)73(108)90-46)36-51-19-25-53(26-20-51)52-16-9-4-10-17-52/h2-10,12-17,19-30,39,45-46,54,58-67,101-102H,11,18,31-38,40-44,82H2,1H3,(H2,83,103)(H2,84,105)(H,87,89)(H,90,108)(H,91,112)(H,92,113)(H,93,106)(H,94,111)(H,95,114)(H,96,115)(H,97,107)(H,98,110)(H,99,109)(H4,85,86,88)/t46-,54-,58-,59-,60-,61+,62-,63-,64+,65-,66-,67-/m0/s1. The third-order valence-corrected chi connectivity index (χ3v) is 22.7. The number of hydrogen-bond acceptors (Lipinski definition) is 21. The Balaban J connectivity index is 1.13. The summed E-state index contributed by atoms with van der Waals surface area (Å²) in [6, 6.07) is 26.8. The maximum absolute atomic E-state index is 15.5. The number of nitrogens with one attached hydrogen (secondary N) is 13. The van der Waals surface area contributed by atoms with Crippen LogP contribution in [0.5, 0.6) is 11.5 Å². The lowest BCUT2D eigenvalue weighted by molar-refractivity contribution is -0.141. The van der Waals surface area contributed by atoms with Crippen molar-refractivity contribution in [2.45, 2.75) is 137 Å². The minimum absolute atomic E-state index is 0.0467. The summed E-state index contributed by atoms with van der Waals surface area (Å²) in [5.74, 6) is -14.2. The molecule has 37 heteroatoms. The first kappa shape index (κ1) is 89.5. The fraction of sp³-hybridized carbons (Fsp3) is 0.346. The van der Waals surface area contributed by atoms with Crippen LogP contribution in [0.3, 0.4) is 0 Å². The first-order valence-electron chi connectivity index (χ1n) is 37.9. The van der Waals surface area contributed by atoms with E-state index >= 15 is 33.6 Å². The molecule has 34 nitrogen and oxygen atoms in total. The van der Waals surface area contributed by atoms with Gasteiger partial charge in [0.25, 0.3) is 0 Å². The number of benzene rings is 6. The monoisotopic (exact) mass is 1670 g/mol. The number of aromatic hydroxyl groups is 2. The van der Waals surface area contributed by atoms with E-state index in [4.69, 9.17) is 28.3 Å². The van der Waals surface area contributed by atoms with Gasteiger partial charge in [0.05, 0.1) is 30.2 Å². The number of aromatic nitrogens is 2. The zero-order valence-corrected chi connectivity index (χ0v) is 66.9. The average molecular weight is 1670 g/mol. The molecular formula is C81H97N19O15S3. The van der Waals surface area contributed by atoms with Gasteiger partial charge < -0.3 is 102 Å². The van der Waals surface area contributed by atoms with Crippen molar-refractivity contribution in [3.63, 3.8) is 0 Å². The van der Waals surface area contributed by atoms with E-state index in [0.717, 1.165) is 44.5 Å². The van der Waals surface area contributed by atoms with Crippen molar-refractivity contribution in [1.82, 2.24) is 73.4 Å². The van der Waals surface area contributed by atoms with E-state index in [1.54, 1.807) is 84.9 Å². The fourth-order valence-electron chi connectivity index (χ4n) is 12.9. The molecule has 3 saturated heterocycles. The van der Waals surface area contributed by atoms with E-state index < -0.39 is 174 Å². The van der Waals surface area contributed by atoms with E-state index in [1.807, 2.05) is 42.5 Å². The molecule has 2 bridgehead atoms. The summed E-state index contributed by atoms with van der Waals surface area (Å²) < 4.78 is 0. The van der Waals surface area contributed by atoms with Crippen LogP contribution in [-0.4, -0.2) is 216 Å². The summed E-state index contributed by atoms with van der Waals surface area (Å²) in [6.07, 6.45) is 0.879. The van der Waals surface area contributed by atoms with Gasteiger partial charge in [-0.25, -0.2) is 4.98 Å². The first-order chi connectivity index (χ1) is 56.6. The smallest absolute Gasteiger partial charge is 0.244 e. The van der Waals surface area contributed by atoms with Gasteiger partial charge in [0, 0.05) is 74.7 Å². The molecule has 23 N–H and O–H groups in total. The number of carbonyl (C=O) groups excluding carboxylic acids is 13. The zero-order chi connectivity index (χ0) is 84.8. The Kier molecular flexibility index (Phi) is 33.8. The van der Waals surface area contributed by atoms with Gasteiger partial charge in [-0.1, -0.05) is 161 Å². The van der Waals surface area contributed by atoms with Gasteiger partial charge in [0.2, 0.25) is 76.8 Å². The molecule has 3 aliphatic rings. The number of hydrogen-bond donors (Lipinski definition) is 19. The number of H-pyrrole nitrogens is 1. The molecule has 118 heavy (non-hydrogen) atoms. The zero-order valence-electron chi connectivity index (χ0n) is 64.4. The molecule has 0 saturated carbocycles. The molecular weight excluding hydrogens is 1580 g/mol. The highest BCUT2D eigenvalue weighted by atomic mass is 33.1. The van der Waals surface area contributed by atoms with Gasteiger partial charge in [-0.3, -0.25) is 67.7 Å². The Morgan fingerprint density at radius 2 is 1.08 bits per heavy atom. The van der Waals surface area contributed by atoms with Crippen molar-refractivity contribution in [2.75, 3.05) is 36.1 Å². The molecule has 12 atom stereocenters. The van der Waals surface area contributed by atoms with E-state index in [1.165, 1.54) is 60.7 Å². The summed E-state index contributed by atoms with van der Waals surface area (Å²) in [6.45, 7) is 0.942. The Labute approximate surface area is 692 Å². The molecule has 13 amide bonds. The van der Waals surface area contributed by atoms with E-state index in [2.05, 4.69) is 68.5 Å². The van der Waals surface area contributed by atoms with Crippen LogP contribution in [0.1, 0.15) is 59.7 Å². The Morgan fingerprint density at radius 3 is 1.68 bits per heavy atom. The second-order valence-electron chi connectivity index (χ2n) is 28.4. The summed E-state index contributed by atoms with van der Waals surface area (Å²) in [5.41, 5.74) is 28.3. The normalized spacial score (nSPS) is 21.8. The van der Waals surface area contributed by atoms with Gasteiger partial charge in [0.1, 0.15) is 71.9 Å². The minimum Gasteiger partial charge on any atom is -0.508 e. The maximum atomic E-state index is 15.5. The highest BCUT2D eigenvalue weighted by Gasteiger charge is 2.40. The van der Waals surface area contributed by atoms with Crippen LogP contribution in [0.15, 0.2) is 176 Å². The molecule has 0 unspecified atom stereocenters. The van der Waals surface area contributed by atoms with Crippen LogP contribution >= 0.6 is 33.3 Å². The Bertz CT molecular complexity index is 4620. The number of primary amides is 2. The SMILES string of the molecule is C[C@@H]1NC(=O)[C@H](CC(N)=O)NC(=O)[C@H](Cc2ccc(-c3ccccc3)cc2)N2C[C@H](CCCNC(=N)N)NC(=O)[C@@H](CSCC2=O)NC(=O)[C@@H](Cc2ccccc2)NC(=O)[C@H](Cc2c[nH]cn2)NC(=O)[C@@H](NC(=O)[C@@H](N)Cc2ccc(O)cc2)CSSC[C@@H](C(=O)N[C@@H](Cc2ccc(O)cc2)C(N)=O)NC(=O)[C@H](Cc2ccccc2)NC1=O. The van der Waals surface area contributed by atoms with Crippen molar-refractivity contribution < 1.29 is 72.5 Å². The molecule has 10 rings (SSSR count). The third-order valence-electron chi connectivity index (χ3n) is 19.2. The van der Waals surface area contributed by atoms with Crippen molar-refractivity contribution in [3.8, 4) is 22.6 Å². The molecule has 0 spiro atoms. The molecule has 4 heterocycles. The summed E-state index contributed by atoms with van der Waals surface area (Å²) >= 11 is 0.921. The van der Waals surface area contributed by atoms with Crippen LogP contribution in [0, 0.1) is 5.41 Å². The van der Waals surface area contributed by atoms with Gasteiger partial charge in [-0.05, 0) is 89.4 Å². The number of guanidine groups is 1. The molecule has 0 aliphatic carbocycles. The summed E-state index contributed by atoms with van der Waals surface area (Å²) in [7, 11) is 1.79. The molecule has 1 aromatic heterocycles. The van der Waals surface area contributed by atoms with Gasteiger partial charge in [0.15, 0.2) is 5.96 Å². The molecule has 0 radical (unpaired) electrons. The number of nitrogens with zero attached hydrogens (tertiary/aromatic N) is 2. The number of phenols is 2. The van der Waals surface area contributed by atoms with Crippen LogP contribution < -0.4 is 81.4 Å². The van der Waals surface area contributed by atoms with Crippen molar-refractivity contribution in [2.24, 2.45) is 22.9 Å². The maximum Gasteiger partial charge on any atom is 0.244 e. The lowest BCUT2D eigenvalue weighted by Gasteiger charge is -2.36. The average Bonchev–Trinajstić information content (AvgIpc) is 0.884. The predicted octanol–water partition coefficient (Wildman–Crippen LogP) is -0.598. The number of fused-ring (bicyclic) bond motifs is 31. The number of thioether (sulfide) groups is 1. The predicted molar refractivity (Wildman–Crippen MR) is 445 cm³/mol. The van der Waals surface area contributed by atoms with Crippen molar-refractivity contribution in [3.05, 3.63) is 210 Å². The molecule has 624 valence electrons. The molecule has 6 aromatic carbocycles. The van der Waals surface area contributed by atoms with Gasteiger partial charge >= 0.3 is 0 Å². The first-order valence-corrected chi connectivity index (χ1v) is 41.6. The topological polar surface area (TPSA) is 555 Å². The molecule has 3 fully saturated rings. The highest BCUT2D eigenvalue weighted by Crippen LogP contribution is 2.26. The van der Waals surface area contributed by atoms with Crippen LogP contribution in [0.4, 0.5) is 0 Å². The van der Waals surface area contributed by atoms with Gasteiger partial charge in [-0.2, -0.15) is 0 Å². The third kappa shape index (κ3) is 28.2. The number of imidazole rings is 1. The number of rotatable bonds is 24. The molecule has 7 aromatic rings. The number of nitrogens with two attached hydrogens (primary N) is 4. The molecule has 3 aliphatic heterocycles. The van der Waals surface area contributed by atoms with Crippen LogP contribution in [0.25, 0.3) is 11.1 Å². The number of phenolic OH excluding ortho intramolecular Hbond substituents is 2. The van der Waals surface area contributed by atoms with Crippen molar-refractivity contribution in [1.29, 1.82) is 5.41 Å². The largest absolute Gasteiger partial charge is 0.508 e. The quantitative estimate of drug-likeness (QED) is 0.0118. The van der Waals surface area contributed by atoms with E-state index in [0.29, 0.717) is 27.8 Å². The Hall–Kier alpha value is -12.5. The fourth-order valence-corrected chi connectivity index (χ4v) is 16.1. The number of carbonyl (C=O) groups is 13. The summed E-state index contributed by atoms with van der Waals surface area (Å²) in [5, 5.41) is 57.7. The van der Waals surface area contributed by atoms with E-state index in [-0.39, 0.29) is 92.6 Å². The lowest BCUT2D eigenvalue weighted by atomic mass is 9.98. The second-order valence-corrected chi connectivity index (χ2v) is 32.0. The van der Waals surface area contributed by atoms with Crippen molar-refractivity contribution >= 4 is 116 Å². The second kappa shape index (κ2) is 44.6. The number of aromatic amines is 1. The minimum atomic E-state index is -1.84. The van der Waals surface area contributed by atoms with E-state index in [9.17, 15) is 39.0 Å². The van der Waals surface area contributed by atoms with Gasteiger partial charge in [-0.15, -0.1) is 11.8 Å². The van der Waals surface area contributed by atoms with Crippen LogP contribution in [0.2, 0.25) is 0 Å². The summed E-state index contributed by atoms with van der Waals surface area (Å²) in [4.78, 5) is 200. The van der Waals surface area contributed by atoms with Crippen LogP contribution in [-0.2, 0) is 101 Å². The highest BCUT2D eigenvalue weighted by molar-refractivity contribution is 8.76. The number of amides is 13.